The van der Waals surface area contributed by atoms with Crippen LogP contribution in [0.4, 0.5) is 5.69 Å². The summed E-state index contributed by atoms with van der Waals surface area (Å²) < 4.78 is 0. The highest BCUT2D eigenvalue weighted by Gasteiger charge is 2.23. The lowest BCUT2D eigenvalue weighted by molar-refractivity contribution is 0.0635. The van der Waals surface area contributed by atoms with Gasteiger partial charge in [-0.25, -0.2) is 0 Å². The van der Waals surface area contributed by atoms with Crippen molar-refractivity contribution >= 4 is 5.69 Å². The minimum Gasteiger partial charge on any atom is -0.399 e. The first-order valence-electron chi connectivity index (χ1n) is 7.48. The van der Waals surface area contributed by atoms with Gasteiger partial charge in [-0.1, -0.05) is 31.9 Å². The summed E-state index contributed by atoms with van der Waals surface area (Å²) in [7, 11) is 0. The second-order valence-electron chi connectivity index (χ2n) is 5.62. The van der Waals surface area contributed by atoms with Gasteiger partial charge in [-0.05, 0) is 43.5 Å². The van der Waals surface area contributed by atoms with Crippen LogP contribution in [-0.4, -0.2) is 29.1 Å². The Morgan fingerprint density at radius 3 is 2.74 bits per heavy atom. The van der Waals surface area contributed by atoms with Crippen molar-refractivity contribution in [2.45, 2.75) is 51.2 Å². The minimum absolute atomic E-state index is 0.405. The Labute approximate surface area is 116 Å². The van der Waals surface area contributed by atoms with Crippen molar-refractivity contribution in [2.75, 3.05) is 18.8 Å². The predicted molar refractivity (Wildman–Crippen MR) is 79.9 cm³/mol. The third kappa shape index (κ3) is 3.95. The molecule has 1 aliphatic heterocycles. The zero-order valence-electron chi connectivity index (χ0n) is 11.9. The van der Waals surface area contributed by atoms with Crippen LogP contribution < -0.4 is 5.73 Å². The van der Waals surface area contributed by atoms with E-state index in [2.05, 4.69) is 11.8 Å². The molecule has 1 heterocycles. The number of anilines is 1. The Kier molecular flexibility index (Phi) is 5.23. The largest absolute Gasteiger partial charge is 0.399 e. The smallest absolute Gasteiger partial charge is 0.0917 e. The molecular formula is C16H26N2O. The van der Waals surface area contributed by atoms with Crippen LogP contribution in [0.2, 0.25) is 0 Å². The number of nitrogen functional groups attached to an aromatic ring is 1. The summed E-state index contributed by atoms with van der Waals surface area (Å²) in [6.07, 6.45) is 5.93. The second-order valence-corrected chi connectivity index (χ2v) is 5.62. The van der Waals surface area contributed by atoms with Crippen LogP contribution in [0.15, 0.2) is 24.3 Å². The number of hydrogen-bond acceptors (Lipinski definition) is 3. The number of rotatable bonds is 5. The molecule has 0 aromatic heterocycles. The van der Waals surface area contributed by atoms with E-state index in [0.717, 1.165) is 24.3 Å². The fourth-order valence-corrected chi connectivity index (χ4v) is 3.01. The lowest BCUT2D eigenvalue weighted by atomic mass is 9.97. The topological polar surface area (TPSA) is 49.5 Å². The van der Waals surface area contributed by atoms with Gasteiger partial charge in [-0.15, -0.1) is 0 Å². The molecule has 0 spiro atoms. The summed E-state index contributed by atoms with van der Waals surface area (Å²) in [5.74, 6) is 0. The molecule has 0 radical (unpaired) electrons. The highest BCUT2D eigenvalue weighted by molar-refractivity contribution is 5.39. The van der Waals surface area contributed by atoms with Gasteiger partial charge in [0.15, 0.2) is 0 Å². The first-order chi connectivity index (χ1) is 9.20. The fraction of sp³-hybridized carbons (Fsp3) is 0.625. The first-order valence-corrected chi connectivity index (χ1v) is 7.48. The van der Waals surface area contributed by atoms with Crippen molar-refractivity contribution in [3.05, 3.63) is 29.8 Å². The number of hydrogen-bond donors (Lipinski definition) is 2. The molecule has 0 amide bonds. The van der Waals surface area contributed by atoms with Gasteiger partial charge in [0.2, 0.25) is 0 Å². The molecule has 1 fully saturated rings. The number of piperidine rings is 1. The Morgan fingerprint density at radius 2 is 2.05 bits per heavy atom. The molecule has 1 aliphatic rings. The van der Waals surface area contributed by atoms with Crippen LogP contribution >= 0.6 is 0 Å². The van der Waals surface area contributed by atoms with Crippen molar-refractivity contribution in [3.8, 4) is 0 Å². The minimum atomic E-state index is -0.405. The molecule has 0 saturated carbocycles. The normalized spacial score (nSPS) is 22.3. The van der Waals surface area contributed by atoms with Crippen LogP contribution in [0.5, 0.6) is 0 Å². The van der Waals surface area contributed by atoms with E-state index in [1.807, 2.05) is 24.3 Å². The molecular weight excluding hydrogens is 236 g/mol. The number of aliphatic hydroxyl groups excluding tert-OH is 1. The van der Waals surface area contributed by atoms with Crippen molar-refractivity contribution < 1.29 is 5.11 Å². The van der Waals surface area contributed by atoms with E-state index in [4.69, 9.17) is 5.73 Å². The Bertz CT molecular complexity index is 375. The zero-order chi connectivity index (χ0) is 13.7. The van der Waals surface area contributed by atoms with Crippen LogP contribution in [0.25, 0.3) is 0 Å². The summed E-state index contributed by atoms with van der Waals surface area (Å²) in [5, 5.41) is 10.4. The monoisotopic (exact) mass is 262 g/mol. The molecule has 1 aromatic rings. The molecule has 1 aromatic carbocycles. The Morgan fingerprint density at radius 1 is 1.32 bits per heavy atom. The summed E-state index contributed by atoms with van der Waals surface area (Å²) in [6, 6.07) is 8.23. The molecule has 2 atom stereocenters. The molecule has 2 rings (SSSR count). The maximum Gasteiger partial charge on any atom is 0.0917 e. The fourth-order valence-electron chi connectivity index (χ4n) is 3.01. The molecule has 19 heavy (non-hydrogen) atoms. The Hall–Kier alpha value is -1.06. The predicted octanol–water partition coefficient (Wildman–Crippen LogP) is 2.96. The zero-order valence-corrected chi connectivity index (χ0v) is 11.9. The van der Waals surface area contributed by atoms with Gasteiger partial charge in [0.25, 0.3) is 0 Å². The van der Waals surface area contributed by atoms with Gasteiger partial charge in [0, 0.05) is 18.3 Å². The van der Waals surface area contributed by atoms with Crippen LogP contribution in [0, 0.1) is 0 Å². The standard InChI is InChI=1S/C16H26N2O/c1-2-5-15-6-3-4-11-18(15)12-16(19)13-7-9-14(17)10-8-13/h7-10,15-16,19H,2-6,11-12,17H2,1H3. The highest BCUT2D eigenvalue weighted by Crippen LogP contribution is 2.24. The number of nitrogens with zero attached hydrogens (tertiary/aromatic N) is 1. The van der Waals surface area contributed by atoms with Crippen molar-refractivity contribution in [2.24, 2.45) is 0 Å². The van der Waals surface area contributed by atoms with E-state index in [1.165, 1.54) is 32.1 Å². The molecule has 106 valence electrons. The van der Waals surface area contributed by atoms with Gasteiger partial charge in [-0.3, -0.25) is 4.90 Å². The number of benzene rings is 1. The average molecular weight is 262 g/mol. The molecule has 1 saturated heterocycles. The molecule has 3 heteroatoms. The van der Waals surface area contributed by atoms with E-state index in [1.54, 1.807) is 0 Å². The number of aliphatic hydroxyl groups is 1. The van der Waals surface area contributed by atoms with E-state index < -0.39 is 6.10 Å². The summed E-state index contributed by atoms with van der Waals surface area (Å²) in [6.45, 7) is 4.11. The van der Waals surface area contributed by atoms with Gasteiger partial charge in [-0.2, -0.15) is 0 Å². The SMILES string of the molecule is CCCC1CCCCN1CC(O)c1ccc(N)cc1. The van der Waals surface area contributed by atoms with E-state index in [9.17, 15) is 5.11 Å². The van der Waals surface area contributed by atoms with Gasteiger partial charge >= 0.3 is 0 Å². The first kappa shape index (κ1) is 14.4. The van der Waals surface area contributed by atoms with Gasteiger partial charge < -0.3 is 10.8 Å². The number of likely N-dealkylation sites (tertiary alicyclic amines) is 1. The quantitative estimate of drug-likeness (QED) is 0.802. The maximum absolute atomic E-state index is 10.4. The maximum atomic E-state index is 10.4. The van der Waals surface area contributed by atoms with Gasteiger partial charge in [0.05, 0.1) is 6.10 Å². The second kappa shape index (κ2) is 6.92. The summed E-state index contributed by atoms with van der Waals surface area (Å²) in [4.78, 5) is 2.47. The third-order valence-corrected chi connectivity index (χ3v) is 4.10. The van der Waals surface area contributed by atoms with Crippen LogP contribution in [0.1, 0.15) is 50.7 Å². The molecule has 3 nitrogen and oxygen atoms in total. The molecule has 0 aliphatic carbocycles. The van der Waals surface area contributed by atoms with E-state index in [0.29, 0.717) is 6.04 Å². The van der Waals surface area contributed by atoms with Gasteiger partial charge in [0.1, 0.15) is 0 Å². The molecule has 2 unspecified atom stereocenters. The Balaban J connectivity index is 1.96. The van der Waals surface area contributed by atoms with Crippen LogP contribution in [0.3, 0.4) is 0 Å². The van der Waals surface area contributed by atoms with Crippen molar-refractivity contribution in [1.29, 1.82) is 0 Å². The molecule has 0 bridgehead atoms. The third-order valence-electron chi connectivity index (χ3n) is 4.10. The van der Waals surface area contributed by atoms with Crippen LogP contribution in [-0.2, 0) is 0 Å². The summed E-state index contributed by atoms with van der Waals surface area (Å²) in [5.41, 5.74) is 7.40. The van der Waals surface area contributed by atoms with E-state index in [-0.39, 0.29) is 0 Å². The number of nitrogens with two attached hydrogens (primary N) is 1. The van der Waals surface area contributed by atoms with Crippen molar-refractivity contribution in [3.63, 3.8) is 0 Å². The average Bonchev–Trinajstić information content (AvgIpc) is 2.42. The summed E-state index contributed by atoms with van der Waals surface area (Å²) >= 11 is 0. The van der Waals surface area contributed by atoms with Crippen molar-refractivity contribution in [1.82, 2.24) is 4.90 Å². The van der Waals surface area contributed by atoms with E-state index >= 15 is 0 Å². The lowest BCUT2D eigenvalue weighted by Crippen LogP contribution is -2.41. The highest BCUT2D eigenvalue weighted by atomic mass is 16.3. The number of β-amino-alcohol motifs (C(OH)–C–C–N with tert-alkyl or cyclic N) is 1. The molecule has 3 N–H and O–H groups in total. The lowest BCUT2D eigenvalue weighted by Gasteiger charge is -2.37.